The Balaban J connectivity index is 2.22. The van der Waals surface area contributed by atoms with Crippen LogP contribution in [0.3, 0.4) is 0 Å². The number of nitrogens with zero attached hydrogens (tertiary/aromatic N) is 2. The predicted octanol–water partition coefficient (Wildman–Crippen LogP) is 1.97. The first kappa shape index (κ1) is 13.1. The summed E-state index contributed by atoms with van der Waals surface area (Å²) in [5.74, 6) is 5.80. The van der Waals surface area contributed by atoms with Crippen molar-refractivity contribution >= 4 is 0 Å². The minimum Gasteiger partial charge on any atom is -0.378 e. The lowest BCUT2D eigenvalue weighted by Crippen LogP contribution is -2.17. The van der Waals surface area contributed by atoms with Crippen LogP contribution in [0.4, 0.5) is 0 Å². The van der Waals surface area contributed by atoms with E-state index in [1.54, 1.807) is 20.0 Å². The van der Waals surface area contributed by atoms with Crippen molar-refractivity contribution in [2.45, 2.75) is 38.3 Å². The summed E-state index contributed by atoms with van der Waals surface area (Å²) >= 11 is 0. The fourth-order valence-corrected chi connectivity index (χ4v) is 2.26. The van der Waals surface area contributed by atoms with Gasteiger partial charge in [-0.1, -0.05) is 11.8 Å². The summed E-state index contributed by atoms with van der Waals surface area (Å²) in [6.07, 6.45) is 6.08. The van der Waals surface area contributed by atoms with Gasteiger partial charge < -0.3 is 5.11 Å². The quantitative estimate of drug-likeness (QED) is 0.767. The van der Waals surface area contributed by atoms with Gasteiger partial charge in [-0.3, -0.25) is 9.88 Å². The molecule has 2 rings (SSSR count). The zero-order valence-corrected chi connectivity index (χ0v) is 11.3. The van der Waals surface area contributed by atoms with Crippen LogP contribution in [0.25, 0.3) is 0 Å². The molecule has 0 aromatic carbocycles. The number of hydrogen-bond acceptors (Lipinski definition) is 3. The number of pyridine rings is 1. The van der Waals surface area contributed by atoms with Gasteiger partial charge in [0.25, 0.3) is 0 Å². The lowest BCUT2D eigenvalue weighted by molar-refractivity contribution is 0.143. The molecule has 1 saturated heterocycles. The minimum atomic E-state index is -0.958. The van der Waals surface area contributed by atoms with Gasteiger partial charge in [0, 0.05) is 24.0 Å². The van der Waals surface area contributed by atoms with Crippen molar-refractivity contribution < 1.29 is 5.11 Å². The van der Waals surface area contributed by atoms with E-state index in [9.17, 15) is 5.11 Å². The largest absolute Gasteiger partial charge is 0.378 e. The Morgan fingerprint density at radius 2 is 2.22 bits per heavy atom. The summed E-state index contributed by atoms with van der Waals surface area (Å²) in [5.41, 5.74) is 1.13. The summed E-state index contributed by atoms with van der Waals surface area (Å²) in [7, 11) is 2.15. The van der Waals surface area contributed by atoms with E-state index < -0.39 is 5.60 Å². The molecule has 0 radical (unpaired) electrons. The average Bonchev–Trinajstić information content (AvgIpc) is 2.72. The normalized spacial score (nSPS) is 20.6. The SMILES string of the molecule is CN1CCC[C@@H]1c1cncc(C#CC(C)(C)O)c1. The smallest absolute Gasteiger partial charge is 0.120 e. The molecular weight excluding hydrogens is 224 g/mol. The third-order valence-corrected chi connectivity index (χ3v) is 3.18. The van der Waals surface area contributed by atoms with E-state index in [-0.39, 0.29) is 0 Å². The Bertz CT molecular complexity index is 479. The van der Waals surface area contributed by atoms with Crippen molar-refractivity contribution in [3.8, 4) is 11.8 Å². The molecule has 0 aliphatic carbocycles. The van der Waals surface area contributed by atoms with Gasteiger partial charge in [-0.25, -0.2) is 0 Å². The maximum absolute atomic E-state index is 9.60. The molecule has 18 heavy (non-hydrogen) atoms. The third-order valence-electron chi connectivity index (χ3n) is 3.18. The third kappa shape index (κ3) is 3.32. The standard InChI is InChI=1S/C15H20N2O/c1-15(2,18)7-6-12-9-13(11-16-10-12)14-5-4-8-17(14)3/h9-11,14,18H,4-5,8H2,1-3H3/t14-/m1/s1. The Kier molecular flexibility index (Phi) is 3.70. The Labute approximate surface area is 109 Å². The van der Waals surface area contributed by atoms with E-state index >= 15 is 0 Å². The van der Waals surface area contributed by atoms with Gasteiger partial charge in [0.1, 0.15) is 5.60 Å². The number of hydrogen-bond donors (Lipinski definition) is 1. The van der Waals surface area contributed by atoms with Gasteiger partial charge in [-0.05, 0) is 51.9 Å². The summed E-state index contributed by atoms with van der Waals surface area (Å²) in [6.45, 7) is 4.51. The number of rotatable bonds is 1. The highest BCUT2D eigenvalue weighted by Gasteiger charge is 2.22. The molecule has 96 valence electrons. The van der Waals surface area contributed by atoms with Crippen molar-refractivity contribution in [3.63, 3.8) is 0 Å². The molecule has 3 heteroatoms. The van der Waals surface area contributed by atoms with Crippen LogP contribution >= 0.6 is 0 Å². The molecule has 0 amide bonds. The van der Waals surface area contributed by atoms with Crippen molar-refractivity contribution in [2.75, 3.05) is 13.6 Å². The molecule has 1 N–H and O–H groups in total. The lowest BCUT2D eigenvalue weighted by atomic mass is 10.0. The second kappa shape index (κ2) is 5.09. The van der Waals surface area contributed by atoms with Gasteiger partial charge in [-0.2, -0.15) is 0 Å². The molecule has 1 aliphatic heterocycles. The molecule has 1 aromatic rings. The molecular formula is C15H20N2O. The summed E-state index contributed by atoms with van der Waals surface area (Å²) in [5, 5.41) is 9.60. The molecule has 1 fully saturated rings. The Morgan fingerprint density at radius 3 is 2.83 bits per heavy atom. The number of aromatic nitrogens is 1. The van der Waals surface area contributed by atoms with Crippen LogP contribution in [0.15, 0.2) is 18.5 Å². The predicted molar refractivity (Wildman–Crippen MR) is 72.0 cm³/mol. The van der Waals surface area contributed by atoms with Gasteiger partial charge >= 0.3 is 0 Å². The second-order valence-electron chi connectivity index (χ2n) is 5.45. The average molecular weight is 244 g/mol. The molecule has 2 heterocycles. The van der Waals surface area contributed by atoms with Crippen LogP contribution < -0.4 is 0 Å². The fraction of sp³-hybridized carbons (Fsp3) is 0.533. The number of aliphatic hydroxyl groups is 1. The first-order valence-corrected chi connectivity index (χ1v) is 6.36. The van der Waals surface area contributed by atoms with Crippen molar-refractivity contribution in [3.05, 3.63) is 29.6 Å². The van der Waals surface area contributed by atoms with Crippen molar-refractivity contribution in [1.82, 2.24) is 9.88 Å². The van der Waals surface area contributed by atoms with Gasteiger partial charge in [0.05, 0.1) is 0 Å². The van der Waals surface area contributed by atoms with E-state index in [0.29, 0.717) is 6.04 Å². The van der Waals surface area contributed by atoms with E-state index in [1.807, 2.05) is 6.20 Å². The monoisotopic (exact) mass is 244 g/mol. The highest BCUT2D eigenvalue weighted by Crippen LogP contribution is 2.29. The molecule has 0 spiro atoms. The summed E-state index contributed by atoms with van der Waals surface area (Å²) in [4.78, 5) is 6.60. The summed E-state index contributed by atoms with van der Waals surface area (Å²) < 4.78 is 0. The first-order valence-electron chi connectivity index (χ1n) is 6.36. The Morgan fingerprint density at radius 1 is 1.44 bits per heavy atom. The van der Waals surface area contributed by atoms with Crippen LogP contribution in [-0.4, -0.2) is 34.2 Å². The van der Waals surface area contributed by atoms with Gasteiger partial charge in [-0.15, -0.1) is 0 Å². The zero-order valence-electron chi connectivity index (χ0n) is 11.3. The van der Waals surface area contributed by atoms with E-state index in [0.717, 1.165) is 12.1 Å². The maximum atomic E-state index is 9.60. The van der Waals surface area contributed by atoms with E-state index in [4.69, 9.17) is 0 Å². The summed E-state index contributed by atoms with van der Waals surface area (Å²) in [6, 6.07) is 2.54. The van der Waals surface area contributed by atoms with Crippen LogP contribution in [0.5, 0.6) is 0 Å². The van der Waals surface area contributed by atoms with E-state index in [1.165, 1.54) is 18.4 Å². The van der Waals surface area contributed by atoms with E-state index in [2.05, 4.69) is 34.8 Å². The lowest BCUT2D eigenvalue weighted by Gasteiger charge is -2.19. The van der Waals surface area contributed by atoms with Crippen molar-refractivity contribution in [1.29, 1.82) is 0 Å². The molecule has 3 nitrogen and oxygen atoms in total. The molecule has 1 aromatic heterocycles. The van der Waals surface area contributed by atoms with Crippen LogP contribution in [0, 0.1) is 11.8 Å². The molecule has 1 aliphatic rings. The first-order chi connectivity index (χ1) is 8.46. The topological polar surface area (TPSA) is 36.4 Å². The maximum Gasteiger partial charge on any atom is 0.120 e. The molecule has 0 saturated carbocycles. The highest BCUT2D eigenvalue weighted by molar-refractivity contribution is 5.37. The highest BCUT2D eigenvalue weighted by atomic mass is 16.3. The number of likely N-dealkylation sites (tertiary alicyclic amines) is 1. The zero-order chi connectivity index (χ0) is 13.2. The second-order valence-corrected chi connectivity index (χ2v) is 5.45. The van der Waals surface area contributed by atoms with Crippen LogP contribution in [0.1, 0.15) is 43.9 Å². The van der Waals surface area contributed by atoms with Crippen LogP contribution in [-0.2, 0) is 0 Å². The molecule has 1 atom stereocenters. The molecule has 0 bridgehead atoms. The van der Waals surface area contributed by atoms with Crippen molar-refractivity contribution in [2.24, 2.45) is 0 Å². The molecule has 0 unspecified atom stereocenters. The van der Waals surface area contributed by atoms with Crippen LogP contribution in [0.2, 0.25) is 0 Å². The Hall–Kier alpha value is -1.37. The fourth-order valence-electron chi connectivity index (χ4n) is 2.26. The van der Waals surface area contributed by atoms with Gasteiger partial charge in [0.2, 0.25) is 0 Å². The van der Waals surface area contributed by atoms with Gasteiger partial charge in [0.15, 0.2) is 0 Å². The minimum absolute atomic E-state index is 0.460.